The second-order valence-corrected chi connectivity index (χ2v) is 6.98. The summed E-state index contributed by atoms with van der Waals surface area (Å²) in [5, 5.41) is 17.3. The number of rotatable bonds is 8. The first kappa shape index (κ1) is 22.4. The Hall–Kier alpha value is -2.84. The predicted octanol–water partition coefficient (Wildman–Crippen LogP) is 4.43. The molecule has 0 aliphatic rings. The second kappa shape index (κ2) is 10.1. The van der Waals surface area contributed by atoms with Crippen LogP contribution in [-0.2, 0) is 4.79 Å². The van der Waals surface area contributed by atoms with E-state index in [1.165, 1.54) is 29.2 Å². The van der Waals surface area contributed by atoms with E-state index < -0.39 is 16.7 Å². The van der Waals surface area contributed by atoms with Gasteiger partial charge in [0.25, 0.3) is 11.6 Å². The summed E-state index contributed by atoms with van der Waals surface area (Å²) < 4.78 is 0. The van der Waals surface area contributed by atoms with Crippen LogP contribution in [0.25, 0.3) is 0 Å². The van der Waals surface area contributed by atoms with Crippen molar-refractivity contribution in [3.8, 4) is 0 Å². The zero-order valence-electron chi connectivity index (χ0n) is 15.9. The maximum Gasteiger partial charge on any atom is 0.293 e. The monoisotopic (exact) mass is 438 g/mol. The topological polar surface area (TPSA) is 105 Å². The number of nitrogens with zero attached hydrogens (tertiary/aromatic N) is 2. The second-order valence-electron chi connectivity index (χ2n) is 6.14. The van der Waals surface area contributed by atoms with Crippen molar-refractivity contribution in [2.24, 2.45) is 0 Å². The first-order valence-corrected chi connectivity index (χ1v) is 9.52. The van der Waals surface area contributed by atoms with E-state index in [1.54, 1.807) is 19.2 Å². The van der Waals surface area contributed by atoms with Crippen LogP contribution in [0, 0.1) is 10.1 Å². The Morgan fingerprint density at radius 3 is 2.48 bits per heavy atom. The summed E-state index contributed by atoms with van der Waals surface area (Å²) in [6.07, 6.45) is 0.605. The lowest BCUT2D eigenvalue weighted by Gasteiger charge is -2.22. The Kier molecular flexibility index (Phi) is 7.81. The molecule has 2 amide bonds. The van der Waals surface area contributed by atoms with E-state index in [1.807, 2.05) is 6.92 Å². The number of carbonyl (C=O) groups excluding carboxylic acids is 2. The van der Waals surface area contributed by atoms with E-state index in [4.69, 9.17) is 23.2 Å². The molecule has 0 aliphatic heterocycles. The van der Waals surface area contributed by atoms with Crippen LogP contribution < -0.4 is 10.6 Å². The van der Waals surface area contributed by atoms with E-state index in [-0.39, 0.29) is 17.8 Å². The van der Waals surface area contributed by atoms with Gasteiger partial charge in [-0.3, -0.25) is 19.7 Å². The minimum atomic E-state index is -0.569. The number of halogens is 2. The van der Waals surface area contributed by atoms with E-state index in [9.17, 15) is 19.7 Å². The highest BCUT2D eigenvalue weighted by Crippen LogP contribution is 2.27. The molecule has 0 atom stereocenters. The quantitative estimate of drug-likeness (QED) is 0.468. The number of carbonyl (C=O) groups is 2. The van der Waals surface area contributed by atoms with Gasteiger partial charge in [-0.05, 0) is 36.8 Å². The lowest BCUT2D eigenvalue weighted by atomic mass is 10.1. The van der Waals surface area contributed by atoms with Gasteiger partial charge < -0.3 is 15.5 Å². The Morgan fingerprint density at radius 2 is 1.86 bits per heavy atom. The number of hydrogen-bond acceptors (Lipinski definition) is 5. The smallest absolute Gasteiger partial charge is 0.293 e. The van der Waals surface area contributed by atoms with Gasteiger partial charge in [-0.25, -0.2) is 0 Å². The molecule has 10 heteroatoms. The van der Waals surface area contributed by atoms with Crippen molar-refractivity contribution in [3.63, 3.8) is 0 Å². The van der Waals surface area contributed by atoms with Gasteiger partial charge in [0.1, 0.15) is 12.2 Å². The molecular weight excluding hydrogens is 419 g/mol. The molecule has 0 saturated heterocycles. The molecule has 2 N–H and O–H groups in total. The van der Waals surface area contributed by atoms with E-state index >= 15 is 0 Å². The third-order valence-electron chi connectivity index (χ3n) is 4.03. The average Bonchev–Trinajstić information content (AvgIpc) is 2.69. The highest BCUT2D eigenvalue weighted by Gasteiger charge is 2.22. The van der Waals surface area contributed by atoms with Gasteiger partial charge in [0.15, 0.2) is 0 Å². The van der Waals surface area contributed by atoms with E-state index in [0.717, 1.165) is 0 Å². The van der Waals surface area contributed by atoms with Gasteiger partial charge >= 0.3 is 0 Å². The van der Waals surface area contributed by atoms with E-state index in [2.05, 4.69) is 10.6 Å². The Bertz CT molecular complexity index is 936. The lowest BCUT2D eigenvalue weighted by Crippen LogP contribution is -2.38. The number of benzene rings is 2. The third-order valence-corrected chi connectivity index (χ3v) is 4.59. The standard InChI is InChI=1S/C19H20Cl2N4O4/c1-3-8-24(11-18(26)23-16-10-13(20)5-6-14(16)21)19(27)12-4-7-15(22-2)17(9-12)25(28)29/h4-7,9-10,22H,3,8,11H2,1-2H3,(H,23,26). The summed E-state index contributed by atoms with van der Waals surface area (Å²) in [5.74, 6) is -0.942. The Balaban J connectivity index is 2.21. The minimum Gasteiger partial charge on any atom is -0.383 e. The SMILES string of the molecule is CCCN(CC(=O)Nc1cc(Cl)ccc1Cl)C(=O)c1ccc(NC)c([N+](=O)[O-])c1. The predicted molar refractivity (Wildman–Crippen MR) is 114 cm³/mol. The van der Waals surface area contributed by atoms with Gasteiger partial charge in [0.2, 0.25) is 5.91 Å². The molecule has 0 aliphatic carbocycles. The summed E-state index contributed by atoms with van der Waals surface area (Å²) >= 11 is 12.0. The molecule has 2 aromatic rings. The van der Waals surface area contributed by atoms with Crippen molar-refractivity contribution in [2.75, 3.05) is 30.8 Å². The highest BCUT2D eigenvalue weighted by atomic mass is 35.5. The fraction of sp³-hybridized carbons (Fsp3) is 0.263. The summed E-state index contributed by atoms with van der Waals surface area (Å²) in [7, 11) is 1.55. The van der Waals surface area contributed by atoms with Crippen LogP contribution in [0.4, 0.5) is 17.1 Å². The van der Waals surface area contributed by atoms with Gasteiger partial charge in [-0.1, -0.05) is 30.1 Å². The normalized spacial score (nSPS) is 10.3. The van der Waals surface area contributed by atoms with E-state index in [0.29, 0.717) is 34.4 Å². The minimum absolute atomic E-state index is 0.123. The zero-order valence-corrected chi connectivity index (χ0v) is 17.4. The molecule has 0 unspecified atom stereocenters. The van der Waals surface area contributed by atoms with Gasteiger partial charge in [-0.2, -0.15) is 0 Å². The fourth-order valence-electron chi connectivity index (χ4n) is 2.69. The molecule has 2 aromatic carbocycles. The molecule has 154 valence electrons. The first-order valence-electron chi connectivity index (χ1n) is 8.77. The van der Waals surface area contributed by atoms with Crippen molar-refractivity contribution < 1.29 is 14.5 Å². The number of anilines is 2. The number of hydrogen-bond donors (Lipinski definition) is 2. The largest absolute Gasteiger partial charge is 0.383 e. The van der Waals surface area contributed by atoms with Crippen molar-refractivity contribution in [3.05, 3.63) is 62.1 Å². The van der Waals surface area contributed by atoms with Crippen molar-refractivity contribution >= 4 is 52.1 Å². The molecule has 2 rings (SSSR count). The number of nitro benzene ring substituents is 1. The van der Waals surface area contributed by atoms with Crippen LogP contribution in [0.2, 0.25) is 10.0 Å². The molecule has 0 fully saturated rings. The van der Waals surface area contributed by atoms with Crippen LogP contribution in [0.15, 0.2) is 36.4 Å². The van der Waals surface area contributed by atoms with Crippen LogP contribution in [-0.4, -0.2) is 41.8 Å². The molecule has 8 nitrogen and oxygen atoms in total. The zero-order chi connectivity index (χ0) is 21.6. The Morgan fingerprint density at radius 1 is 1.14 bits per heavy atom. The summed E-state index contributed by atoms with van der Waals surface area (Å²) in [4.78, 5) is 37.3. The number of nitrogens with one attached hydrogen (secondary N) is 2. The molecule has 0 heterocycles. The molecule has 0 radical (unpaired) electrons. The van der Waals surface area contributed by atoms with Crippen molar-refractivity contribution in [1.82, 2.24) is 4.90 Å². The fourth-order valence-corrected chi connectivity index (χ4v) is 3.03. The molecule has 29 heavy (non-hydrogen) atoms. The van der Waals surface area contributed by atoms with Gasteiger partial charge in [0.05, 0.1) is 15.6 Å². The maximum absolute atomic E-state index is 12.9. The van der Waals surface area contributed by atoms with Gasteiger partial charge in [-0.15, -0.1) is 0 Å². The molecular formula is C19H20Cl2N4O4. The van der Waals surface area contributed by atoms with Crippen LogP contribution in [0.5, 0.6) is 0 Å². The maximum atomic E-state index is 12.9. The van der Waals surface area contributed by atoms with Crippen LogP contribution in [0.1, 0.15) is 23.7 Å². The number of amides is 2. The third kappa shape index (κ3) is 5.82. The molecule has 0 bridgehead atoms. The molecule has 0 aromatic heterocycles. The molecule has 0 spiro atoms. The van der Waals surface area contributed by atoms with Crippen molar-refractivity contribution in [2.45, 2.75) is 13.3 Å². The summed E-state index contributed by atoms with van der Waals surface area (Å²) in [6, 6.07) is 8.79. The molecule has 0 saturated carbocycles. The van der Waals surface area contributed by atoms with Crippen molar-refractivity contribution in [1.29, 1.82) is 0 Å². The number of nitro groups is 1. The lowest BCUT2D eigenvalue weighted by molar-refractivity contribution is -0.384. The Labute approximate surface area is 177 Å². The van der Waals surface area contributed by atoms with Crippen LogP contribution in [0.3, 0.4) is 0 Å². The van der Waals surface area contributed by atoms with Crippen LogP contribution >= 0.6 is 23.2 Å². The first-order chi connectivity index (χ1) is 13.8. The summed E-state index contributed by atoms with van der Waals surface area (Å²) in [6.45, 7) is 1.92. The highest BCUT2D eigenvalue weighted by molar-refractivity contribution is 6.35. The van der Waals surface area contributed by atoms with Gasteiger partial charge in [0, 0.05) is 30.2 Å². The average molecular weight is 439 g/mol. The summed E-state index contributed by atoms with van der Waals surface area (Å²) in [5.41, 5.74) is 0.534.